The lowest BCUT2D eigenvalue weighted by Crippen LogP contribution is -2.39. The number of nitrogens with zero attached hydrogens (tertiary/aromatic N) is 3. The summed E-state index contributed by atoms with van der Waals surface area (Å²) in [6.07, 6.45) is 1.89. The number of aromatic nitrogens is 2. The summed E-state index contributed by atoms with van der Waals surface area (Å²) < 4.78 is 7.80. The van der Waals surface area contributed by atoms with Gasteiger partial charge in [-0.25, -0.2) is 4.98 Å². The molecule has 1 amide bonds. The first-order valence-corrected chi connectivity index (χ1v) is 10.3. The molecule has 1 aliphatic heterocycles. The van der Waals surface area contributed by atoms with E-state index in [-0.39, 0.29) is 5.91 Å². The lowest BCUT2D eigenvalue weighted by molar-refractivity contribution is 0.0695. The van der Waals surface area contributed by atoms with Crippen molar-refractivity contribution in [1.29, 1.82) is 0 Å². The molecular formula is C24H29N3O2. The maximum Gasteiger partial charge on any atom is 0.253 e. The van der Waals surface area contributed by atoms with Crippen LogP contribution in [0, 0.1) is 27.7 Å². The zero-order chi connectivity index (χ0) is 20.7. The van der Waals surface area contributed by atoms with Gasteiger partial charge in [0.05, 0.1) is 18.1 Å². The number of methoxy groups -OCH3 is 1. The van der Waals surface area contributed by atoms with Gasteiger partial charge in [-0.1, -0.05) is 6.07 Å². The van der Waals surface area contributed by atoms with Crippen molar-refractivity contribution < 1.29 is 9.53 Å². The second-order valence-corrected chi connectivity index (χ2v) is 8.19. The molecule has 1 fully saturated rings. The van der Waals surface area contributed by atoms with Crippen molar-refractivity contribution in [2.24, 2.45) is 0 Å². The third kappa shape index (κ3) is 3.50. The van der Waals surface area contributed by atoms with Gasteiger partial charge in [0, 0.05) is 24.7 Å². The number of hydrogen-bond acceptors (Lipinski definition) is 3. The van der Waals surface area contributed by atoms with Crippen LogP contribution in [0.4, 0.5) is 0 Å². The third-order valence-electron chi connectivity index (χ3n) is 6.05. The van der Waals surface area contributed by atoms with E-state index >= 15 is 0 Å². The van der Waals surface area contributed by atoms with Gasteiger partial charge in [-0.2, -0.15) is 0 Å². The fraction of sp³-hybridized carbons (Fsp3) is 0.417. The molecule has 29 heavy (non-hydrogen) atoms. The number of imidazole rings is 1. The first-order valence-electron chi connectivity index (χ1n) is 10.3. The molecule has 0 bridgehead atoms. The smallest absolute Gasteiger partial charge is 0.253 e. The first kappa shape index (κ1) is 19.5. The normalized spacial score (nSPS) is 15.1. The van der Waals surface area contributed by atoms with Crippen LogP contribution in [0.1, 0.15) is 51.8 Å². The van der Waals surface area contributed by atoms with Crippen LogP contribution < -0.4 is 4.74 Å². The fourth-order valence-electron chi connectivity index (χ4n) is 4.69. The van der Waals surface area contributed by atoms with Crippen molar-refractivity contribution in [3.63, 3.8) is 0 Å². The first-order chi connectivity index (χ1) is 13.9. The number of carbonyl (C=O) groups excluding carboxylic acids is 1. The Morgan fingerprint density at radius 3 is 2.31 bits per heavy atom. The van der Waals surface area contributed by atoms with Gasteiger partial charge in [0.1, 0.15) is 11.6 Å². The van der Waals surface area contributed by atoms with E-state index in [1.807, 2.05) is 30.9 Å². The van der Waals surface area contributed by atoms with Crippen molar-refractivity contribution in [3.05, 3.63) is 58.4 Å². The number of piperidine rings is 1. The van der Waals surface area contributed by atoms with Crippen LogP contribution in [-0.4, -0.2) is 40.6 Å². The monoisotopic (exact) mass is 391 g/mol. The Balaban J connectivity index is 1.52. The van der Waals surface area contributed by atoms with Gasteiger partial charge in [-0.3, -0.25) is 4.79 Å². The molecule has 1 saturated heterocycles. The number of amides is 1. The van der Waals surface area contributed by atoms with Crippen LogP contribution in [0.15, 0.2) is 30.3 Å². The van der Waals surface area contributed by atoms with Gasteiger partial charge in [0.2, 0.25) is 0 Å². The van der Waals surface area contributed by atoms with Gasteiger partial charge < -0.3 is 14.2 Å². The number of carbonyl (C=O) groups is 1. The standard InChI is InChI=1S/C24H29N3O2/c1-15-6-7-21-22(12-15)27(18(4)25-21)20-8-10-26(11-9-20)24(28)19-13-16(2)23(29-5)17(3)14-19/h6-7,12-14,20H,8-11H2,1-5H3. The fourth-order valence-corrected chi connectivity index (χ4v) is 4.69. The molecular weight excluding hydrogens is 362 g/mol. The molecule has 0 saturated carbocycles. The summed E-state index contributed by atoms with van der Waals surface area (Å²) in [6, 6.07) is 10.7. The minimum absolute atomic E-state index is 0.111. The number of likely N-dealkylation sites (tertiary alicyclic amines) is 1. The molecule has 0 spiro atoms. The lowest BCUT2D eigenvalue weighted by atomic mass is 10.0. The van der Waals surface area contributed by atoms with Crippen molar-refractivity contribution in [3.8, 4) is 5.75 Å². The van der Waals surface area contributed by atoms with Crippen LogP contribution in [0.2, 0.25) is 0 Å². The van der Waals surface area contributed by atoms with Gasteiger partial charge >= 0.3 is 0 Å². The van der Waals surface area contributed by atoms with E-state index < -0.39 is 0 Å². The second kappa shape index (κ2) is 7.54. The highest BCUT2D eigenvalue weighted by Gasteiger charge is 2.27. The molecule has 1 aromatic heterocycles. The zero-order valence-electron chi connectivity index (χ0n) is 18.0. The van der Waals surface area contributed by atoms with Crippen molar-refractivity contribution in [2.75, 3.05) is 20.2 Å². The molecule has 5 nitrogen and oxygen atoms in total. The number of aryl methyl sites for hydroxylation is 4. The van der Waals surface area contributed by atoms with E-state index in [0.29, 0.717) is 6.04 Å². The number of rotatable bonds is 3. The Bertz CT molecular complexity index is 1050. The molecule has 4 rings (SSSR count). The average Bonchev–Trinajstić information content (AvgIpc) is 3.02. The van der Waals surface area contributed by atoms with E-state index in [1.165, 1.54) is 11.1 Å². The van der Waals surface area contributed by atoms with Crippen LogP contribution in [-0.2, 0) is 0 Å². The molecule has 0 atom stereocenters. The molecule has 5 heteroatoms. The van der Waals surface area contributed by atoms with E-state index in [1.54, 1.807) is 7.11 Å². The summed E-state index contributed by atoms with van der Waals surface area (Å²) in [4.78, 5) is 19.8. The largest absolute Gasteiger partial charge is 0.496 e. The van der Waals surface area contributed by atoms with Crippen molar-refractivity contribution in [2.45, 2.75) is 46.6 Å². The van der Waals surface area contributed by atoms with Crippen LogP contribution in [0.3, 0.4) is 0 Å². The molecule has 0 aliphatic carbocycles. The number of fused-ring (bicyclic) bond motifs is 1. The third-order valence-corrected chi connectivity index (χ3v) is 6.05. The zero-order valence-corrected chi connectivity index (χ0v) is 18.0. The summed E-state index contributed by atoms with van der Waals surface area (Å²) in [5.41, 5.74) is 6.25. The van der Waals surface area contributed by atoms with E-state index in [9.17, 15) is 4.79 Å². The van der Waals surface area contributed by atoms with E-state index in [4.69, 9.17) is 9.72 Å². The van der Waals surface area contributed by atoms with Crippen LogP contribution in [0.25, 0.3) is 11.0 Å². The predicted octanol–water partition coefficient (Wildman–Crippen LogP) is 4.76. The minimum atomic E-state index is 0.111. The molecule has 0 radical (unpaired) electrons. The molecule has 1 aliphatic rings. The quantitative estimate of drug-likeness (QED) is 0.647. The summed E-state index contributed by atoms with van der Waals surface area (Å²) in [5.74, 6) is 2.02. The Hall–Kier alpha value is -2.82. The van der Waals surface area contributed by atoms with Gasteiger partial charge in [-0.05, 0) is 81.5 Å². The Kier molecular flexibility index (Phi) is 5.07. The highest BCUT2D eigenvalue weighted by Crippen LogP contribution is 2.30. The summed E-state index contributed by atoms with van der Waals surface area (Å²) in [5, 5.41) is 0. The summed E-state index contributed by atoms with van der Waals surface area (Å²) in [7, 11) is 1.67. The van der Waals surface area contributed by atoms with Crippen LogP contribution in [0.5, 0.6) is 5.75 Å². The van der Waals surface area contributed by atoms with E-state index in [0.717, 1.165) is 59.7 Å². The van der Waals surface area contributed by atoms with Gasteiger partial charge in [0.15, 0.2) is 0 Å². The molecule has 152 valence electrons. The molecule has 0 N–H and O–H groups in total. The molecule has 3 aromatic rings. The van der Waals surface area contributed by atoms with Crippen molar-refractivity contribution >= 4 is 16.9 Å². The topological polar surface area (TPSA) is 47.4 Å². The number of benzene rings is 2. The average molecular weight is 392 g/mol. The Morgan fingerprint density at radius 2 is 1.69 bits per heavy atom. The number of ether oxygens (including phenoxy) is 1. The Labute approximate surface area is 172 Å². The predicted molar refractivity (Wildman–Crippen MR) is 116 cm³/mol. The maximum atomic E-state index is 13.1. The molecule has 2 heterocycles. The van der Waals surface area contributed by atoms with Crippen molar-refractivity contribution in [1.82, 2.24) is 14.5 Å². The molecule has 0 unspecified atom stereocenters. The second-order valence-electron chi connectivity index (χ2n) is 8.19. The highest BCUT2D eigenvalue weighted by atomic mass is 16.5. The highest BCUT2D eigenvalue weighted by molar-refractivity contribution is 5.95. The molecule has 2 aromatic carbocycles. The van der Waals surface area contributed by atoms with Gasteiger partial charge in [-0.15, -0.1) is 0 Å². The SMILES string of the molecule is COc1c(C)cc(C(=O)N2CCC(n3c(C)nc4ccc(C)cc43)CC2)cc1C. The summed E-state index contributed by atoms with van der Waals surface area (Å²) >= 11 is 0. The maximum absolute atomic E-state index is 13.1. The lowest BCUT2D eigenvalue weighted by Gasteiger charge is -2.33. The summed E-state index contributed by atoms with van der Waals surface area (Å²) in [6.45, 7) is 9.70. The van der Waals surface area contributed by atoms with Gasteiger partial charge in [0.25, 0.3) is 5.91 Å². The minimum Gasteiger partial charge on any atom is -0.496 e. The Morgan fingerprint density at radius 1 is 1.03 bits per heavy atom. The number of hydrogen-bond donors (Lipinski definition) is 0. The van der Waals surface area contributed by atoms with E-state index in [2.05, 4.69) is 36.6 Å². The van der Waals surface area contributed by atoms with Crippen LogP contribution >= 0.6 is 0 Å².